The van der Waals surface area contributed by atoms with Gasteiger partial charge in [0.25, 0.3) is 0 Å². The molecular weight excluding hydrogens is 271 g/mol. The Bertz CT molecular complexity index is 464. The Morgan fingerprint density at radius 2 is 2.16 bits per heavy atom. The predicted molar refractivity (Wildman–Crippen MR) is 70.9 cm³/mol. The predicted octanol–water partition coefficient (Wildman–Crippen LogP) is 2.71. The van der Waals surface area contributed by atoms with E-state index in [0.29, 0.717) is 5.56 Å². The van der Waals surface area contributed by atoms with Crippen molar-refractivity contribution in [1.29, 1.82) is 0 Å². The number of hydrogen-bond acceptors (Lipinski definition) is 2. The summed E-state index contributed by atoms with van der Waals surface area (Å²) in [7, 11) is 0. The molecular formula is C13H16ClFN2O2. The van der Waals surface area contributed by atoms with Crippen molar-refractivity contribution in [3.63, 3.8) is 0 Å². The number of halogens is 2. The third kappa shape index (κ3) is 3.58. The summed E-state index contributed by atoms with van der Waals surface area (Å²) in [5, 5.41) is 12.5. The zero-order valence-electron chi connectivity index (χ0n) is 10.4. The fraction of sp³-hybridized carbons (Fsp3) is 0.462. The highest BCUT2D eigenvalue weighted by molar-refractivity contribution is 6.30. The van der Waals surface area contributed by atoms with Crippen LogP contribution in [-0.4, -0.2) is 35.2 Å². The highest BCUT2D eigenvalue weighted by Gasteiger charge is 2.25. The zero-order valence-corrected chi connectivity index (χ0v) is 11.2. The standard InChI is InChI=1S/C13H16ClFN2O2/c14-11-2-1-9(7-12(11)15)8-17(13(18)19)10-3-5-16-6-4-10/h1-2,7,10,16H,3-6,8H2,(H,18,19). The minimum atomic E-state index is -0.970. The lowest BCUT2D eigenvalue weighted by Crippen LogP contribution is -2.45. The van der Waals surface area contributed by atoms with Crippen molar-refractivity contribution < 1.29 is 14.3 Å². The van der Waals surface area contributed by atoms with Gasteiger partial charge >= 0.3 is 6.09 Å². The van der Waals surface area contributed by atoms with Crippen LogP contribution in [0.4, 0.5) is 9.18 Å². The third-order valence-electron chi connectivity index (χ3n) is 3.33. The number of carbonyl (C=O) groups is 1. The molecule has 1 heterocycles. The fourth-order valence-electron chi connectivity index (χ4n) is 2.31. The largest absolute Gasteiger partial charge is 0.465 e. The molecule has 1 aromatic carbocycles. The van der Waals surface area contributed by atoms with E-state index in [-0.39, 0.29) is 17.6 Å². The quantitative estimate of drug-likeness (QED) is 0.898. The fourth-order valence-corrected chi connectivity index (χ4v) is 2.42. The van der Waals surface area contributed by atoms with Crippen LogP contribution in [0.2, 0.25) is 5.02 Å². The smallest absolute Gasteiger partial charge is 0.407 e. The molecule has 0 saturated carbocycles. The number of benzene rings is 1. The van der Waals surface area contributed by atoms with Crippen molar-refractivity contribution in [2.75, 3.05) is 13.1 Å². The van der Waals surface area contributed by atoms with Gasteiger partial charge in [-0.15, -0.1) is 0 Å². The Hall–Kier alpha value is -1.33. The van der Waals surface area contributed by atoms with E-state index < -0.39 is 11.9 Å². The lowest BCUT2D eigenvalue weighted by atomic mass is 10.0. The summed E-state index contributed by atoms with van der Waals surface area (Å²) in [6, 6.07) is 4.38. The number of amides is 1. The van der Waals surface area contributed by atoms with Gasteiger partial charge < -0.3 is 15.3 Å². The van der Waals surface area contributed by atoms with Gasteiger partial charge in [0.05, 0.1) is 5.02 Å². The second-order valence-electron chi connectivity index (χ2n) is 4.64. The van der Waals surface area contributed by atoms with Crippen LogP contribution < -0.4 is 5.32 Å². The minimum Gasteiger partial charge on any atom is -0.465 e. The highest BCUT2D eigenvalue weighted by Crippen LogP contribution is 2.20. The summed E-state index contributed by atoms with van der Waals surface area (Å²) >= 11 is 5.62. The summed E-state index contributed by atoms with van der Waals surface area (Å²) in [5.74, 6) is -0.519. The van der Waals surface area contributed by atoms with E-state index in [2.05, 4.69) is 5.32 Å². The van der Waals surface area contributed by atoms with Gasteiger partial charge in [-0.05, 0) is 43.6 Å². The van der Waals surface area contributed by atoms with Crippen LogP contribution in [0.15, 0.2) is 18.2 Å². The number of piperidine rings is 1. The molecule has 2 rings (SSSR count). The van der Waals surface area contributed by atoms with E-state index in [0.717, 1.165) is 25.9 Å². The first-order valence-corrected chi connectivity index (χ1v) is 6.60. The van der Waals surface area contributed by atoms with E-state index >= 15 is 0 Å². The van der Waals surface area contributed by atoms with Crippen LogP contribution in [0.5, 0.6) is 0 Å². The summed E-state index contributed by atoms with van der Waals surface area (Å²) in [4.78, 5) is 12.7. The van der Waals surface area contributed by atoms with Crippen molar-refractivity contribution in [3.05, 3.63) is 34.6 Å². The third-order valence-corrected chi connectivity index (χ3v) is 3.64. The molecule has 19 heavy (non-hydrogen) atoms. The molecule has 1 fully saturated rings. The molecule has 0 bridgehead atoms. The first-order valence-electron chi connectivity index (χ1n) is 6.22. The van der Waals surface area contributed by atoms with E-state index in [9.17, 15) is 14.3 Å². The molecule has 104 valence electrons. The van der Waals surface area contributed by atoms with Crippen LogP contribution in [0.3, 0.4) is 0 Å². The van der Waals surface area contributed by atoms with Crippen molar-refractivity contribution in [2.45, 2.75) is 25.4 Å². The Balaban J connectivity index is 2.11. The molecule has 1 aliphatic heterocycles. The Kier molecular flexibility index (Phi) is 4.61. The van der Waals surface area contributed by atoms with Gasteiger partial charge in [-0.1, -0.05) is 17.7 Å². The number of nitrogens with one attached hydrogen (secondary N) is 1. The van der Waals surface area contributed by atoms with Gasteiger partial charge in [0.2, 0.25) is 0 Å². The summed E-state index contributed by atoms with van der Waals surface area (Å²) in [6.07, 6.45) is 0.590. The van der Waals surface area contributed by atoms with Crippen molar-refractivity contribution >= 4 is 17.7 Å². The average molecular weight is 287 g/mol. The summed E-state index contributed by atoms with van der Waals surface area (Å²) in [5.41, 5.74) is 0.614. The maximum atomic E-state index is 13.4. The van der Waals surface area contributed by atoms with Crippen LogP contribution in [0.1, 0.15) is 18.4 Å². The highest BCUT2D eigenvalue weighted by atomic mass is 35.5. The zero-order chi connectivity index (χ0) is 13.8. The van der Waals surface area contributed by atoms with Crippen LogP contribution >= 0.6 is 11.6 Å². The summed E-state index contributed by atoms with van der Waals surface area (Å²) < 4.78 is 13.4. The van der Waals surface area contributed by atoms with Gasteiger partial charge in [-0.25, -0.2) is 9.18 Å². The van der Waals surface area contributed by atoms with Gasteiger partial charge in [-0.3, -0.25) is 0 Å². The summed E-state index contributed by atoms with van der Waals surface area (Å²) in [6.45, 7) is 1.81. The van der Waals surface area contributed by atoms with Gasteiger partial charge in [0, 0.05) is 12.6 Å². The maximum Gasteiger partial charge on any atom is 0.407 e. The Labute approximate surface area is 116 Å². The SMILES string of the molecule is O=C(O)N(Cc1ccc(Cl)c(F)c1)C1CCNCC1. The maximum absolute atomic E-state index is 13.4. The molecule has 6 heteroatoms. The van der Waals surface area contributed by atoms with Crippen molar-refractivity contribution in [1.82, 2.24) is 10.2 Å². The molecule has 2 N–H and O–H groups in total. The van der Waals surface area contributed by atoms with Crippen molar-refractivity contribution in [2.24, 2.45) is 0 Å². The lowest BCUT2D eigenvalue weighted by molar-refractivity contribution is 0.109. The van der Waals surface area contributed by atoms with Gasteiger partial charge in [0.1, 0.15) is 5.82 Å². The number of hydrogen-bond donors (Lipinski definition) is 2. The molecule has 4 nitrogen and oxygen atoms in total. The first kappa shape index (κ1) is 14.1. The normalized spacial score (nSPS) is 16.3. The van der Waals surface area contributed by atoms with E-state index in [1.165, 1.54) is 17.0 Å². The molecule has 1 saturated heterocycles. The molecule has 1 amide bonds. The number of rotatable bonds is 3. The molecule has 0 radical (unpaired) electrons. The van der Waals surface area contributed by atoms with Crippen LogP contribution in [-0.2, 0) is 6.54 Å². The van der Waals surface area contributed by atoms with E-state index in [1.807, 2.05) is 0 Å². The van der Waals surface area contributed by atoms with Gasteiger partial charge in [-0.2, -0.15) is 0 Å². The first-order chi connectivity index (χ1) is 9.08. The van der Waals surface area contributed by atoms with E-state index in [1.54, 1.807) is 6.07 Å². The molecule has 0 aromatic heterocycles. The van der Waals surface area contributed by atoms with Crippen LogP contribution in [0.25, 0.3) is 0 Å². The Morgan fingerprint density at radius 1 is 1.47 bits per heavy atom. The second-order valence-corrected chi connectivity index (χ2v) is 5.05. The molecule has 0 unspecified atom stereocenters. The monoisotopic (exact) mass is 286 g/mol. The van der Waals surface area contributed by atoms with Gasteiger partial charge in [0.15, 0.2) is 0 Å². The second kappa shape index (κ2) is 6.21. The lowest BCUT2D eigenvalue weighted by Gasteiger charge is -2.32. The molecule has 1 aliphatic rings. The molecule has 1 aromatic rings. The van der Waals surface area contributed by atoms with E-state index in [4.69, 9.17) is 11.6 Å². The molecule has 0 spiro atoms. The minimum absolute atomic E-state index is 0.0162. The molecule has 0 atom stereocenters. The average Bonchev–Trinajstić information content (AvgIpc) is 2.40. The number of carboxylic acid groups (broad SMARTS) is 1. The Morgan fingerprint density at radius 3 is 2.74 bits per heavy atom. The number of nitrogens with zero attached hydrogens (tertiary/aromatic N) is 1. The van der Waals surface area contributed by atoms with Crippen LogP contribution in [0, 0.1) is 5.82 Å². The topological polar surface area (TPSA) is 52.6 Å². The molecule has 0 aliphatic carbocycles. The van der Waals surface area contributed by atoms with Crippen molar-refractivity contribution in [3.8, 4) is 0 Å².